The lowest BCUT2D eigenvalue weighted by Gasteiger charge is -1.98. The molecule has 0 aliphatic rings. The summed E-state index contributed by atoms with van der Waals surface area (Å²) in [5.74, 6) is 0.482. The van der Waals surface area contributed by atoms with Crippen molar-refractivity contribution in [3.63, 3.8) is 0 Å². The molecule has 2 rings (SSSR count). The van der Waals surface area contributed by atoms with Gasteiger partial charge in [0, 0.05) is 10.9 Å². The van der Waals surface area contributed by atoms with Gasteiger partial charge >= 0.3 is 5.69 Å². The summed E-state index contributed by atoms with van der Waals surface area (Å²) in [6, 6.07) is 7.24. The Bertz CT molecular complexity index is 530. The van der Waals surface area contributed by atoms with Crippen molar-refractivity contribution in [2.45, 2.75) is 6.42 Å². The molecule has 0 aliphatic heterocycles. The van der Waals surface area contributed by atoms with Gasteiger partial charge in [0.1, 0.15) is 5.82 Å². The van der Waals surface area contributed by atoms with Crippen LogP contribution in [0.1, 0.15) is 5.82 Å². The zero-order chi connectivity index (χ0) is 11.5. The van der Waals surface area contributed by atoms with E-state index < -0.39 is 0 Å². The molecule has 1 aromatic heterocycles. The first-order chi connectivity index (χ1) is 7.70. The highest BCUT2D eigenvalue weighted by Gasteiger charge is 2.06. The summed E-state index contributed by atoms with van der Waals surface area (Å²) in [6.07, 6.45) is 0.346. The second kappa shape index (κ2) is 4.63. The van der Waals surface area contributed by atoms with Crippen molar-refractivity contribution in [2.24, 2.45) is 0 Å². The first-order valence-corrected chi connectivity index (χ1v) is 5.55. The average Bonchev–Trinajstić information content (AvgIpc) is 2.61. The molecule has 2 N–H and O–H groups in total. The van der Waals surface area contributed by atoms with Crippen LogP contribution in [0.25, 0.3) is 5.69 Å². The van der Waals surface area contributed by atoms with Crippen LogP contribution >= 0.6 is 15.9 Å². The van der Waals surface area contributed by atoms with E-state index in [1.807, 2.05) is 12.1 Å². The molecular formula is C10H10BrN3O2. The van der Waals surface area contributed by atoms with Gasteiger partial charge in [-0.25, -0.2) is 4.79 Å². The van der Waals surface area contributed by atoms with Gasteiger partial charge in [-0.3, -0.25) is 4.98 Å². The summed E-state index contributed by atoms with van der Waals surface area (Å²) in [5.41, 5.74) is 0.388. The zero-order valence-electron chi connectivity index (χ0n) is 8.35. The van der Waals surface area contributed by atoms with Gasteiger partial charge in [-0.05, 0) is 24.3 Å². The number of hydrogen-bond donors (Lipinski definition) is 2. The van der Waals surface area contributed by atoms with Gasteiger partial charge < -0.3 is 5.11 Å². The molecule has 0 bridgehead atoms. The van der Waals surface area contributed by atoms with E-state index in [-0.39, 0.29) is 12.3 Å². The fraction of sp³-hybridized carbons (Fsp3) is 0.200. The molecule has 84 valence electrons. The van der Waals surface area contributed by atoms with Crippen molar-refractivity contribution in [3.8, 4) is 5.69 Å². The van der Waals surface area contributed by atoms with E-state index in [0.29, 0.717) is 17.9 Å². The van der Waals surface area contributed by atoms with E-state index in [2.05, 4.69) is 26.0 Å². The number of aliphatic hydroxyl groups excluding tert-OH is 1. The van der Waals surface area contributed by atoms with Crippen molar-refractivity contribution >= 4 is 15.9 Å². The molecule has 0 fully saturated rings. The summed E-state index contributed by atoms with van der Waals surface area (Å²) >= 11 is 3.32. The molecule has 6 heteroatoms. The lowest BCUT2D eigenvalue weighted by Crippen LogP contribution is -2.15. The van der Waals surface area contributed by atoms with Crippen molar-refractivity contribution in [1.82, 2.24) is 14.8 Å². The highest BCUT2D eigenvalue weighted by Crippen LogP contribution is 2.11. The normalized spacial score (nSPS) is 10.6. The highest BCUT2D eigenvalue weighted by atomic mass is 79.9. The van der Waals surface area contributed by atoms with Gasteiger partial charge in [0.25, 0.3) is 0 Å². The van der Waals surface area contributed by atoms with Gasteiger partial charge in [-0.2, -0.15) is 9.78 Å². The van der Waals surface area contributed by atoms with E-state index in [9.17, 15) is 4.79 Å². The van der Waals surface area contributed by atoms with Crippen LogP contribution in [-0.4, -0.2) is 26.5 Å². The van der Waals surface area contributed by atoms with Crippen LogP contribution in [-0.2, 0) is 6.42 Å². The van der Waals surface area contributed by atoms with Crippen molar-refractivity contribution in [3.05, 3.63) is 45.0 Å². The summed E-state index contributed by atoms with van der Waals surface area (Å²) < 4.78 is 2.22. The second-order valence-corrected chi connectivity index (χ2v) is 4.15. The maximum Gasteiger partial charge on any atom is 0.348 e. The molecular weight excluding hydrogens is 274 g/mol. The maximum atomic E-state index is 11.6. The Morgan fingerprint density at radius 3 is 2.69 bits per heavy atom. The number of benzene rings is 1. The Hall–Kier alpha value is -1.40. The molecule has 0 aliphatic carbocycles. The fourth-order valence-electron chi connectivity index (χ4n) is 1.34. The van der Waals surface area contributed by atoms with E-state index >= 15 is 0 Å². The number of nitrogens with one attached hydrogen (secondary N) is 1. The van der Waals surface area contributed by atoms with Gasteiger partial charge in [0.05, 0.1) is 12.3 Å². The van der Waals surface area contributed by atoms with E-state index in [1.165, 1.54) is 4.68 Å². The summed E-state index contributed by atoms with van der Waals surface area (Å²) in [5, 5.41) is 12.8. The van der Waals surface area contributed by atoms with Crippen LogP contribution in [0.15, 0.2) is 33.5 Å². The van der Waals surface area contributed by atoms with Crippen LogP contribution in [0.3, 0.4) is 0 Å². The largest absolute Gasteiger partial charge is 0.396 e. The maximum absolute atomic E-state index is 11.6. The predicted octanol–water partition coefficient (Wildman–Crippen LogP) is 0.858. The lowest BCUT2D eigenvalue weighted by molar-refractivity contribution is 0.296. The molecule has 0 spiro atoms. The third-order valence-electron chi connectivity index (χ3n) is 2.08. The standard InChI is InChI=1S/C10H10BrN3O2/c11-7-1-3-8(4-2-7)14-10(16)12-9(13-14)5-6-15/h1-4,15H,5-6H2,(H,12,13,16). The topological polar surface area (TPSA) is 70.9 Å². The van der Waals surface area contributed by atoms with Crippen molar-refractivity contribution in [1.29, 1.82) is 0 Å². The minimum absolute atomic E-state index is 0.0344. The number of H-pyrrole nitrogens is 1. The molecule has 0 unspecified atom stereocenters. The number of halogens is 1. The van der Waals surface area contributed by atoms with Crippen LogP contribution in [0.5, 0.6) is 0 Å². The Kier molecular flexibility index (Phi) is 3.21. The van der Waals surface area contributed by atoms with Gasteiger partial charge in [-0.15, -0.1) is 0 Å². The van der Waals surface area contributed by atoms with Crippen molar-refractivity contribution in [2.75, 3.05) is 6.61 Å². The second-order valence-electron chi connectivity index (χ2n) is 3.24. The summed E-state index contributed by atoms with van der Waals surface area (Å²) in [6.45, 7) is -0.0344. The van der Waals surface area contributed by atoms with E-state index in [0.717, 1.165) is 4.47 Å². The molecule has 0 atom stereocenters. The fourth-order valence-corrected chi connectivity index (χ4v) is 1.61. The van der Waals surface area contributed by atoms with Crippen LogP contribution in [0.4, 0.5) is 0 Å². The first-order valence-electron chi connectivity index (χ1n) is 4.76. The molecule has 5 nitrogen and oxygen atoms in total. The van der Waals surface area contributed by atoms with Gasteiger partial charge in [0.2, 0.25) is 0 Å². The molecule has 2 aromatic rings. The predicted molar refractivity (Wildman–Crippen MR) is 62.7 cm³/mol. The number of aromatic nitrogens is 3. The van der Waals surface area contributed by atoms with Crippen molar-refractivity contribution < 1.29 is 5.11 Å². The molecule has 1 aromatic carbocycles. The number of aliphatic hydroxyl groups is 1. The Morgan fingerprint density at radius 1 is 1.38 bits per heavy atom. The zero-order valence-corrected chi connectivity index (χ0v) is 9.94. The van der Waals surface area contributed by atoms with Gasteiger partial charge in [0.15, 0.2) is 0 Å². The molecule has 16 heavy (non-hydrogen) atoms. The quantitative estimate of drug-likeness (QED) is 0.878. The summed E-state index contributed by atoms with van der Waals surface area (Å²) in [4.78, 5) is 14.1. The van der Waals surface area contributed by atoms with Gasteiger partial charge in [-0.1, -0.05) is 15.9 Å². The van der Waals surface area contributed by atoms with Crippen LogP contribution in [0.2, 0.25) is 0 Å². The van der Waals surface area contributed by atoms with Crippen LogP contribution < -0.4 is 5.69 Å². The van der Waals surface area contributed by atoms with E-state index in [1.54, 1.807) is 12.1 Å². The number of aromatic amines is 1. The number of rotatable bonds is 3. The lowest BCUT2D eigenvalue weighted by atomic mass is 10.3. The third kappa shape index (κ3) is 2.23. The molecule has 0 saturated carbocycles. The number of hydrogen-bond acceptors (Lipinski definition) is 3. The summed E-state index contributed by atoms with van der Waals surface area (Å²) in [7, 11) is 0. The molecule has 0 radical (unpaired) electrons. The minimum Gasteiger partial charge on any atom is -0.396 e. The molecule has 1 heterocycles. The highest BCUT2D eigenvalue weighted by molar-refractivity contribution is 9.10. The van der Waals surface area contributed by atoms with Crippen LogP contribution in [0, 0.1) is 0 Å². The Balaban J connectivity index is 2.40. The Morgan fingerprint density at radius 2 is 2.06 bits per heavy atom. The smallest absolute Gasteiger partial charge is 0.348 e. The first kappa shape index (κ1) is 11.1. The SMILES string of the molecule is O=c1[nH]c(CCO)nn1-c1ccc(Br)cc1. The monoisotopic (exact) mass is 283 g/mol. The third-order valence-corrected chi connectivity index (χ3v) is 2.61. The molecule has 0 saturated heterocycles. The number of nitrogens with zero attached hydrogens (tertiary/aromatic N) is 2. The minimum atomic E-state index is -0.300. The molecule has 0 amide bonds. The average molecular weight is 284 g/mol. The Labute approximate surface area is 99.9 Å². The van der Waals surface area contributed by atoms with E-state index in [4.69, 9.17) is 5.11 Å².